The maximum atomic E-state index is 13.4. The van der Waals surface area contributed by atoms with Crippen molar-refractivity contribution in [2.45, 2.75) is 25.4 Å². The predicted octanol–water partition coefficient (Wildman–Crippen LogP) is 1.43. The molecule has 3 aromatic heterocycles. The minimum atomic E-state index is -0.433. The topological polar surface area (TPSA) is 62.5 Å². The van der Waals surface area contributed by atoms with Crippen molar-refractivity contribution in [2.24, 2.45) is 0 Å². The number of halogens is 1. The van der Waals surface area contributed by atoms with Crippen molar-refractivity contribution >= 4 is 17.3 Å². The Labute approximate surface area is 137 Å². The molecule has 0 aliphatic carbocycles. The molecule has 2 unspecified atom stereocenters. The van der Waals surface area contributed by atoms with Crippen LogP contribution in [0.1, 0.15) is 12.1 Å². The molecule has 3 aliphatic rings. The standard InChI is InChI=1S/C16H16FN7/c1-10-4-15(24-16(21-10)19-9-20-24)23-12-5-13(23)8-22(7-12)11-2-3-18-14(17)6-11/h2-4,6,9,12-13H,5,7-8H2,1H3. The molecule has 0 radical (unpaired) electrons. The smallest absolute Gasteiger partial charge is 0.254 e. The number of aryl methyl sites for hydroxylation is 1. The summed E-state index contributed by atoms with van der Waals surface area (Å²) < 4.78 is 15.2. The van der Waals surface area contributed by atoms with Gasteiger partial charge < -0.3 is 9.80 Å². The van der Waals surface area contributed by atoms with E-state index in [1.54, 1.807) is 4.52 Å². The lowest BCUT2D eigenvalue weighted by Gasteiger charge is -2.57. The Morgan fingerprint density at radius 2 is 2.00 bits per heavy atom. The van der Waals surface area contributed by atoms with Crippen LogP contribution in [0, 0.1) is 12.9 Å². The van der Waals surface area contributed by atoms with Crippen molar-refractivity contribution < 1.29 is 4.39 Å². The van der Waals surface area contributed by atoms with E-state index in [-0.39, 0.29) is 0 Å². The van der Waals surface area contributed by atoms with Gasteiger partial charge in [0.25, 0.3) is 5.78 Å². The summed E-state index contributed by atoms with van der Waals surface area (Å²) in [5.74, 6) is 1.23. The van der Waals surface area contributed by atoms with Crippen LogP contribution in [0.3, 0.4) is 0 Å². The molecule has 7 nitrogen and oxygen atoms in total. The van der Waals surface area contributed by atoms with Gasteiger partial charge in [-0.3, -0.25) is 0 Å². The summed E-state index contributed by atoms with van der Waals surface area (Å²) in [4.78, 5) is 16.9. The summed E-state index contributed by atoms with van der Waals surface area (Å²) in [6.45, 7) is 3.69. The molecule has 2 bridgehead atoms. The number of fused-ring (bicyclic) bond motifs is 3. The summed E-state index contributed by atoms with van der Waals surface area (Å²) in [6.07, 6.45) is 4.20. The Kier molecular flexibility index (Phi) is 2.76. The molecule has 24 heavy (non-hydrogen) atoms. The summed E-state index contributed by atoms with van der Waals surface area (Å²) in [5, 5.41) is 4.31. The third-order valence-corrected chi connectivity index (χ3v) is 4.89. The molecule has 6 heterocycles. The lowest BCUT2D eigenvalue weighted by Crippen LogP contribution is -2.69. The summed E-state index contributed by atoms with van der Waals surface area (Å²) in [5.41, 5.74) is 1.83. The van der Waals surface area contributed by atoms with Crippen LogP contribution in [-0.2, 0) is 0 Å². The van der Waals surface area contributed by atoms with Crippen LogP contribution < -0.4 is 9.80 Å². The number of pyridine rings is 1. The van der Waals surface area contributed by atoms with E-state index >= 15 is 0 Å². The molecule has 0 amide bonds. The molecule has 2 atom stereocenters. The largest absolute Gasteiger partial charge is 0.367 e. The zero-order valence-electron chi connectivity index (χ0n) is 13.2. The first kappa shape index (κ1) is 13.6. The average Bonchev–Trinajstić information content (AvgIpc) is 3.03. The van der Waals surface area contributed by atoms with Gasteiger partial charge in [0, 0.05) is 42.8 Å². The maximum Gasteiger partial charge on any atom is 0.254 e. The fourth-order valence-electron chi connectivity index (χ4n) is 3.88. The highest BCUT2D eigenvalue weighted by Gasteiger charge is 2.46. The van der Waals surface area contributed by atoms with Crippen molar-refractivity contribution in [1.29, 1.82) is 0 Å². The lowest BCUT2D eigenvalue weighted by molar-refractivity contribution is 0.287. The lowest BCUT2D eigenvalue weighted by atomic mass is 9.87. The number of rotatable bonds is 2. The molecule has 3 fully saturated rings. The fourth-order valence-corrected chi connectivity index (χ4v) is 3.88. The minimum absolute atomic E-state index is 0.383. The minimum Gasteiger partial charge on any atom is -0.367 e. The molecule has 3 aliphatic heterocycles. The summed E-state index contributed by atoms with van der Waals surface area (Å²) >= 11 is 0. The Morgan fingerprint density at radius 1 is 1.17 bits per heavy atom. The van der Waals surface area contributed by atoms with Gasteiger partial charge in [-0.25, -0.2) is 9.97 Å². The van der Waals surface area contributed by atoms with Crippen LogP contribution in [0.4, 0.5) is 15.9 Å². The van der Waals surface area contributed by atoms with Crippen LogP contribution in [0.2, 0.25) is 0 Å². The number of anilines is 2. The molecule has 3 aromatic rings. The average molecular weight is 325 g/mol. The molecule has 0 aromatic carbocycles. The number of aromatic nitrogens is 5. The SMILES string of the molecule is Cc1cc(N2C3CC2CN(c2ccnc(F)c2)C3)n2ncnc2n1. The fraction of sp³-hybridized carbons (Fsp3) is 0.375. The third-order valence-electron chi connectivity index (χ3n) is 4.89. The summed E-state index contributed by atoms with van der Waals surface area (Å²) in [6, 6.07) is 6.19. The van der Waals surface area contributed by atoms with E-state index < -0.39 is 5.95 Å². The van der Waals surface area contributed by atoms with E-state index in [0.717, 1.165) is 36.7 Å². The predicted molar refractivity (Wildman–Crippen MR) is 86.6 cm³/mol. The van der Waals surface area contributed by atoms with Gasteiger partial charge in [-0.05, 0) is 19.4 Å². The zero-order valence-corrected chi connectivity index (χ0v) is 13.2. The molecular formula is C16H16FN7. The van der Waals surface area contributed by atoms with Gasteiger partial charge in [-0.15, -0.1) is 0 Å². The van der Waals surface area contributed by atoms with Crippen LogP contribution in [0.5, 0.6) is 0 Å². The van der Waals surface area contributed by atoms with Crippen LogP contribution in [0.25, 0.3) is 5.78 Å². The van der Waals surface area contributed by atoms with Crippen molar-refractivity contribution in [3.8, 4) is 0 Å². The summed E-state index contributed by atoms with van der Waals surface area (Å²) in [7, 11) is 0. The van der Waals surface area contributed by atoms with Crippen LogP contribution in [-0.4, -0.2) is 49.7 Å². The number of piperidine rings is 1. The first-order valence-corrected chi connectivity index (χ1v) is 8.01. The number of piperazine rings is 1. The van der Waals surface area contributed by atoms with Gasteiger partial charge in [0.1, 0.15) is 12.1 Å². The highest BCUT2D eigenvalue weighted by molar-refractivity contribution is 5.56. The van der Waals surface area contributed by atoms with E-state index in [4.69, 9.17) is 0 Å². The normalized spacial score (nSPS) is 22.8. The second-order valence-corrected chi connectivity index (χ2v) is 6.42. The Balaban J connectivity index is 1.46. The maximum absolute atomic E-state index is 13.4. The van der Waals surface area contributed by atoms with Gasteiger partial charge in [-0.1, -0.05) is 0 Å². The van der Waals surface area contributed by atoms with Crippen molar-refractivity contribution in [3.05, 3.63) is 42.4 Å². The number of hydrogen-bond donors (Lipinski definition) is 0. The van der Waals surface area contributed by atoms with E-state index in [2.05, 4.69) is 35.9 Å². The van der Waals surface area contributed by atoms with E-state index in [9.17, 15) is 4.39 Å². The van der Waals surface area contributed by atoms with Gasteiger partial charge in [-0.2, -0.15) is 19.0 Å². The van der Waals surface area contributed by atoms with Crippen LogP contribution >= 0.6 is 0 Å². The second kappa shape index (κ2) is 4.86. The number of nitrogens with zero attached hydrogens (tertiary/aromatic N) is 7. The second-order valence-electron chi connectivity index (χ2n) is 6.42. The molecule has 0 spiro atoms. The molecule has 0 N–H and O–H groups in total. The first-order valence-electron chi connectivity index (χ1n) is 8.01. The number of hydrogen-bond acceptors (Lipinski definition) is 6. The van der Waals surface area contributed by atoms with Crippen molar-refractivity contribution in [3.63, 3.8) is 0 Å². The van der Waals surface area contributed by atoms with Gasteiger partial charge in [0.2, 0.25) is 5.95 Å². The molecule has 0 saturated carbocycles. The van der Waals surface area contributed by atoms with E-state index in [0.29, 0.717) is 17.9 Å². The van der Waals surface area contributed by atoms with Crippen LogP contribution in [0.15, 0.2) is 30.7 Å². The first-order chi connectivity index (χ1) is 11.7. The van der Waals surface area contributed by atoms with Gasteiger partial charge in [0.05, 0.1) is 12.1 Å². The quantitative estimate of drug-likeness (QED) is 0.664. The third kappa shape index (κ3) is 1.95. The Hall–Kier alpha value is -2.77. The van der Waals surface area contributed by atoms with Gasteiger partial charge in [0.15, 0.2) is 0 Å². The molecule has 6 rings (SSSR count). The monoisotopic (exact) mass is 325 g/mol. The van der Waals surface area contributed by atoms with Gasteiger partial charge >= 0.3 is 0 Å². The molecular weight excluding hydrogens is 309 g/mol. The molecule has 3 saturated heterocycles. The van der Waals surface area contributed by atoms with E-state index in [1.165, 1.54) is 18.6 Å². The Morgan fingerprint density at radius 3 is 2.79 bits per heavy atom. The van der Waals surface area contributed by atoms with E-state index in [1.807, 2.05) is 13.0 Å². The molecule has 8 heteroatoms. The highest BCUT2D eigenvalue weighted by atomic mass is 19.1. The Bertz CT molecular complexity index is 912. The zero-order chi connectivity index (χ0) is 16.3. The van der Waals surface area contributed by atoms with Crippen molar-refractivity contribution in [1.82, 2.24) is 24.6 Å². The molecule has 122 valence electrons. The highest BCUT2D eigenvalue weighted by Crippen LogP contribution is 2.38. The van der Waals surface area contributed by atoms with Crippen molar-refractivity contribution in [2.75, 3.05) is 22.9 Å².